The van der Waals surface area contributed by atoms with Gasteiger partial charge in [-0.25, -0.2) is 4.98 Å². The van der Waals surface area contributed by atoms with Crippen LogP contribution in [0.25, 0.3) is 11.3 Å². The summed E-state index contributed by atoms with van der Waals surface area (Å²) in [6, 6.07) is 9.92. The molecule has 1 fully saturated rings. The first kappa shape index (κ1) is 13.8. The Hall–Kier alpha value is -2.14. The van der Waals surface area contributed by atoms with Gasteiger partial charge in [-0.2, -0.15) is 0 Å². The van der Waals surface area contributed by atoms with Crippen molar-refractivity contribution in [2.45, 2.75) is 18.9 Å². The van der Waals surface area contributed by atoms with Crippen molar-refractivity contribution >= 4 is 5.91 Å². The lowest BCUT2D eigenvalue weighted by atomic mass is 10.2. The Labute approximate surface area is 124 Å². The van der Waals surface area contributed by atoms with Gasteiger partial charge in [-0.3, -0.25) is 4.79 Å². The molecule has 110 valence electrons. The third-order valence-corrected chi connectivity index (χ3v) is 3.78. The number of nitrogens with one attached hydrogen (secondary N) is 1. The average molecular weight is 285 g/mol. The molecule has 2 aromatic rings. The zero-order valence-electron chi connectivity index (χ0n) is 12.1. The maximum absolute atomic E-state index is 12.2. The van der Waals surface area contributed by atoms with E-state index in [4.69, 9.17) is 4.74 Å². The fourth-order valence-corrected chi connectivity index (χ4v) is 2.59. The number of rotatable bonds is 4. The summed E-state index contributed by atoms with van der Waals surface area (Å²) < 4.78 is 7.32. The fraction of sp³-hybridized carbons (Fsp3) is 0.375. The minimum atomic E-state index is -0.157. The van der Waals surface area contributed by atoms with Gasteiger partial charge in [0.05, 0.1) is 18.0 Å². The van der Waals surface area contributed by atoms with Crippen LogP contribution in [0, 0.1) is 0 Å². The van der Waals surface area contributed by atoms with E-state index >= 15 is 0 Å². The van der Waals surface area contributed by atoms with E-state index in [-0.39, 0.29) is 12.0 Å². The van der Waals surface area contributed by atoms with Crippen LogP contribution in [0.5, 0.6) is 0 Å². The Kier molecular flexibility index (Phi) is 4.01. The van der Waals surface area contributed by atoms with E-state index in [1.807, 2.05) is 41.9 Å². The summed E-state index contributed by atoms with van der Waals surface area (Å²) in [7, 11) is 1.86. The second-order valence-corrected chi connectivity index (χ2v) is 5.24. The SMILES string of the molecule is Cn1c(-c2ccccc2)cnc1C(=O)NCC1CCCO1. The van der Waals surface area contributed by atoms with Crippen LogP contribution in [-0.4, -0.2) is 34.7 Å². The molecule has 1 atom stereocenters. The molecule has 3 rings (SSSR count). The van der Waals surface area contributed by atoms with E-state index in [9.17, 15) is 4.79 Å². The highest BCUT2D eigenvalue weighted by atomic mass is 16.5. The van der Waals surface area contributed by atoms with Crippen LogP contribution in [0.4, 0.5) is 0 Å². The number of carbonyl (C=O) groups excluding carboxylic acids is 1. The van der Waals surface area contributed by atoms with Gasteiger partial charge in [0.25, 0.3) is 5.91 Å². The summed E-state index contributed by atoms with van der Waals surface area (Å²) in [5.74, 6) is 0.266. The molecule has 1 N–H and O–H groups in total. The van der Waals surface area contributed by atoms with Crippen molar-refractivity contribution in [3.05, 3.63) is 42.4 Å². The monoisotopic (exact) mass is 285 g/mol. The van der Waals surface area contributed by atoms with Gasteiger partial charge < -0.3 is 14.6 Å². The standard InChI is InChI=1S/C16H19N3O2/c1-19-14(12-6-3-2-4-7-12)11-17-15(19)16(20)18-10-13-8-5-9-21-13/h2-4,6-7,11,13H,5,8-10H2,1H3,(H,18,20). The predicted octanol–water partition coefficient (Wildman–Crippen LogP) is 2.00. The summed E-state index contributed by atoms with van der Waals surface area (Å²) in [6.45, 7) is 1.34. The molecule has 1 saturated heterocycles. The maximum atomic E-state index is 12.2. The molecule has 1 aliphatic rings. The minimum Gasteiger partial charge on any atom is -0.376 e. The van der Waals surface area contributed by atoms with Gasteiger partial charge in [0.1, 0.15) is 0 Å². The zero-order chi connectivity index (χ0) is 14.7. The smallest absolute Gasteiger partial charge is 0.287 e. The number of hydrogen-bond acceptors (Lipinski definition) is 3. The van der Waals surface area contributed by atoms with Gasteiger partial charge >= 0.3 is 0 Å². The molecule has 1 aromatic carbocycles. The molecule has 1 unspecified atom stereocenters. The molecule has 21 heavy (non-hydrogen) atoms. The molecule has 1 aromatic heterocycles. The largest absolute Gasteiger partial charge is 0.376 e. The van der Waals surface area contributed by atoms with E-state index < -0.39 is 0 Å². The van der Waals surface area contributed by atoms with Gasteiger partial charge in [0.15, 0.2) is 5.82 Å². The Morgan fingerprint density at radius 1 is 1.43 bits per heavy atom. The zero-order valence-corrected chi connectivity index (χ0v) is 12.1. The van der Waals surface area contributed by atoms with E-state index in [0.29, 0.717) is 12.4 Å². The van der Waals surface area contributed by atoms with Crippen LogP contribution < -0.4 is 5.32 Å². The lowest BCUT2D eigenvalue weighted by Crippen LogP contribution is -2.33. The average Bonchev–Trinajstić information content (AvgIpc) is 3.15. The van der Waals surface area contributed by atoms with E-state index in [2.05, 4.69) is 10.3 Å². The van der Waals surface area contributed by atoms with E-state index in [1.165, 1.54) is 0 Å². The number of imidazole rings is 1. The Morgan fingerprint density at radius 3 is 2.95 bits per heavy atom. The van der Waals surface area contributed by atoms with Crippen molar-refractivity contribution in [3.63, 3.8) is 0 Å². The van der Waals surface area contributed by atoms with Crippen molar-refractivity contribution in [1.29, 1.82) is 0 Å². The summed E-state index contributed by atoms with van der Waals surface area (Å²) >= 11 is 0. The molecule has 0 radical (unpaired) electrons. The molecule has 1 amide bonds. The molecule has 0 spiro atoms. The highest BCUT2D eigenvalue weighted by molar-refractivity contribution is 5.91. The fourth-order valence-electron chi connectivity index (χ4n) is 2.59. The molecule has 1 aliphatic heterocycles. The Bertz CT molecular complexity index is 616. The second-order valence-electron chi connectivity index (χ2n) is 5.24. The number of benzene rings is 1. The van der Waals surface area contributed by atoms with Crippen LogP contribution in [0.15, 0.2) is 36.5 Å². The second kappa shape index (κ2) is 6.10. The molecular formula is C16H19N3O2. The minimum absolute atomic E-state index is 0.141. The van der Waals surface area contributed by atoms with E-state index in [0.717, 1.165) is 30.7 Å². The van der Waals surface area contributed by atoms with Crippen molar-refractivity contribution in [2.75, 3.05) is 13.2 Å². The van der Waals surface area contributed by atoms with Crippen molar-refractivity contribution in [3.8, 4) is 11.3 Å². The van der Waals surface area contributed by atoms with Crippen LogP contribution >= 0.6 is 0 Å². The molecule has 5 nitrogen and oxygen atoms in total. The molecule has 0 bridgehead atoms. The topological polar surface area (TPSA) is 56.2 Å². The van der Waals surface area contributed by atoms with Gasteiger partial charge in [-0.05, 0) is 18.4 Å². The number of amides is 1. The van der Waals surface area contributed by atoms with Crippen LogP contribution in [0.3, 0.4) is 0 Å². The van der Waals surface area contributed by atoms with E-state index in [1.54, 1.807) is 6.20 Å². The number of carbonyl (C=O) groups is 1. The van der Waals surface area contributed by atoms with Crippen LogP contribution in [-0.2, 0) is 11.8 Å². The van der Waals surface area contributed by atoms with Gasteiger partial charge in [-0.1, -0.05) is 30.3 Å². The summed E-state index contributed by atoms with van der Waals surface area (Å²) in [4.78, 5) is 16.5. The highest BCUT2D eigenvalue weighted by Crippen LogP contribution is 2.19. The normalized spacial score (nSPS) is 17.9. The third-order valence-electron chi connectivity index (χ3n) is 3.78. The summed E-state index contributed by atoms with van der Waals surface area (Å²) in [6.07, 6.45) is 3.95. The number of nitrogens with zero attached hydrogens (tertiary/aromatic N) is 2. The quantitative estimate of drug-likeness (QED) is 0.934. The summed E-state index contributed by atoms with van der Waals surface area (Å²) in [5, 5.41) is 2.90. The maximum Gasteiger partial charge on any atom is 0.287 e. The Balaban J connectivity index is 1.71. The van der Waals surface area contributed by atoms with Gasteiger partial charge in [0, 0.05) is 20.2 Å². The first-order valence-electron chi connectivity index (χ1n) is 7.22. The first-order chi connectivity index (χ1) is 10.3. The molecular weight excluding hydrogens is 266 g/mol. The molecule has 0 saturated carbocycles. The molecule has 5 heteroatoms. The van der Waals surface area contributed by atoms with Crippen molar-refractivity contribution < 1.29 is 9.53 Å². The van der Waals surface area contributed by atoms with Crippen LogP contribution in [0.2, 0.25) is 0 Å². The van der Waals surface area contributed by atoms with Crippen molar-refractivity contribution in [2.24, 2.45) is 7.05 Å². The number of hydrogen-bond donors (Lipinski definition) is 1. The lowest BCUT2D eigenvalue weighted by molar-refractivity contribution is 0.0847. The third kappa shape index (κ3) is 2.97. The molecule has 0 aliphatic carbocycles. The molecule has 2 heterocycles. The summed E-state index contributed by atoms with van der Waals surface area (Å²) in [5.41, 5.74) is 1.98. The Morgan fingerprint density at radius 2 is 2.24 bits per heavy atom. The van der Waals surface area contributed by atoms with Crippen LogP contribution in [0.1, 0.15) is 23.5 Å². The van der Waals surface area contributed by atoms with Gasteiger partial charge in [0.2, 0.25) is 0 Å². The van der Waals surface area contributed by atoms with Gasteiger partial charge in [-0.15, -0.1) is 0 Å². The first-order valence-corrected chi connectivity index (χ1v) is 7.22. The van der Waals surface area contributed by atoms with Crippen molar-refractivity contribution in [1.82, 2.24) is 14.9 Å². The predicted molar refractivity (Wildman–Crippen MR) is 80.0 cm³/mol. The lowest BCUT2D eigenvalue weighted by Gasteiger charge is -2.11. The highest BCUT2D eigenvalue weighted by Gasteiger charge is 2.19. The number of aromatic nitrogens is 2. The number of ether oxygens (including phenoxy) is 1.